The smallest absolute Gasteiger partial charge is 0.139 e. The van der Waals surface area contributed by atoms with Crippen LogP contribution in [0.25, 0.3) is 21.6 Å². The number of aromatic amines is 1. The first-order chi connectivity index (χ1) is 14.4. The third-order valence-electron chi connectivity index (χ3n) is 4.98. The molecule has 0 amide bonds. The molecule has 0 spiro atoms. The maximum atomic E-state index is 5.50. The number of nitrogens with zero attached hydrogens (tertiary/aromatic N) is 3. The highest BCUT2D eigenvalue weighted by Gasteiger charge is 2.18. The number of hydrogen-bond donors (Lipinski definition) is 1. The summed E-state index contributed by atoms with van der Waals surface area (Å²) < 4.78 is 9.23. The Kier molecular flexibility index (Phi) is 5.87. The maximum absolute atomic E-state index is 5.50. The van der Waals surface area contributed by atoms with E-state index in [9.17, 15) is 0 Å². The van der Waals surface area contributed by atoms with Crippen molar-refractivity contribution in [2.75, 3.05) is 43.7 Å². The van der Waals surface area contributed by atoms with Crippen LogP contribution in [0, 0.1) is 0 Å². The summed E-state index contributed by atoms with van der Waals surface area (Å²) in [5.74, 6) is 0. The number of H-pyrrole nitrogens is 1. The van der Waals surface area contributed by atoms with Gasteiger partial charge in [0.2, 0.25) is 0 Å². The number of aromatic nitrogens is 2. The summed E-state index contributed by atoms with van der Waals surface area (Å²) in [6.45, 7) is 5.67. The van der Waals surface area contributed by atoms with Gasteiger partial charge in [0, 0.05) is 43.1 Å². The molecule has 0 unspecified atom stereocenters. The van der Waals surface area contributed by atoms with Crippen LogP contribution in [0.2, 0.25) is 0 Å². The molecule has 29 heavy (non-hydrogen) atoms. The Morgan fingerprint density at radius 3 is 2.86 bits per heavy atom. The predicted molar refractivity (Wildman–Crippen MR) is 124 cm³/mol. The lowest BCUT2D eigenvalue weighted by Gasteiger charge is -2.30. The average molecular weight is 443 g/mol. The topological polar surface area (TPSA) is 44.4 Å². The SMILES string of the molecule is c1csc(SN(CCN2CCOCC2)c2cccc3cc(-c4nccs4)[nH]c23)c1. The monoisotopic (exact) mass is 442 g/mol. The highest BCUT2D eigenvalue weighted by atomic mass is 32.2. The number of para-hydroxylation sites is 1. The second-order valence-electron chi connectivity index (χ2n) is 6.84. The van der Waals surface area contributed by atoms with Crippen molar-refractivity contribution in [2.24, 2.45) is 0 Å². The lowest BCUT2D eigenvalue weighted by atomic mass is 10.2. The Labute approximate surface area is 182 Å². The van der Waals surface area contributed by atoms with E-state index in [1.54, 1.807) is 22.7 Å². The number of nitrogens with one attached hydrogen (secondary N) is 1. The van der Waals surface area contributed by atoms with E-state index >= 15 is 0 Å². The molecule has 5 rings (SSSR count). The molecular weight excluding hydrogens is 420 g/mol. The molecule has 0 saturated carbocycles. The van der Waals surface area contributed by atoms with Crippen LogP contribution < -0.4 is 4.31 Å². The first kappa shape index (κ1) is 19.1. The van der Waals surface area contributed by atoms with Crippen LogP contribution in [0.3, 0.4) is 0 Å². The molecule has 1 saturated heterocycles. The molecule has 1 N–H and O–H groups in total. The first-order valence-electron chi connectivity index (χ1n) is 9.67. The molecule has 0 atom stereocenters. The third kappa shape index (κ3) is 4.36. The van der Waals surface area contributed by atoms with Gasteiger partial charge in [-0.1, -0.05) is 18.2 Å². The Bertz CT molecular complexity index is 1040. The molecule has 1 aromatic carbocycles. The lowest BCUT2D eigenvalue weighted by molar-refractivity contribution is 0.0395. The minimum Gasteiger partial charge on any atom is -0.379 e. The van der Waals surface area contributed by atoms with Gasteiger partial charge >= 0.3 is 0 Å². The molecule has 4 heterocycles. The number of anilines is 1. The van der Waals surface area contributed by atoms with Gasteiger partial charge in [-0.2, -0.15) is 0 Å². The van der Waals surface area contributed by atoms with E-state index in [1.165, 1.54) is 20.8 Å². The zero-order valence-electron chi connectivity index (χ0n) is 15.9. The van der Waals surface area contributed by atoms with Crippen molar-refractivity contribution in [1.82, 2.24) is 14.9 Å². The van der Waals surface area contributed by atoms with Crippen molar-refractivity contribution < 1.29 is 4.74 Å². The Balaban J connectivity index is 1.46. The van der Waals surface area contributed by atoms with Gasteiger partial charge in [0.25, 0.3) is 0 Å². The minimum absolute atomic E-state index is 0.835. The molecule has 0 bridgehead atoms. The second-order valence-corrected chi connectivity index (χ2v) is 10.0. The molecule has 5 nitrogen and oxygen atoms in total. The van der Waals surface area contributed by atoms with E-state index in [1.807, 2.05) is 23.5 Å². The molecular formula is C21H22N4OS3. The van der Waals surface area contributed by atoms with E-state index in [0.29, 0.717) is 0 Å². The summed E-state index contributed by atoms with van der Waals surface area (Å²) in [4.78, 5) is 10.6. The molecule has 0 aliphatic carbocycles. The third-order valence-corrected chi connectivity index (χ3v) is 7.88. The maximum Gasteiger partial charge on any atom is 0.139 e. The van der Waals surface area contributed by atoms with E-state index in [-0.39, 0.29) is 0 Å². The standard InChI is InChI=1S/C21H22N4OS3/c1-3-16-15-17(21-22-6-14-28-21)23-20(16)18(4-1)25(29-19-5-2-13-27-19)8-7-24-9-11-26-12-10-24/h1-6,13-15,23H,7-12H2. The van der Waals surface area contributed by atoms with Crippen molar-refractivity contribution in [3.8, 4) is 10.7 Å². The minimum atomic E-state index is 0.835. The fourth-order valence-corrected chi connectivity index (χ4v) is 5.96. The van der Waals surface area contributed by atoms with E-state index in [2.05, 4.69) is 61.0 Å². The van der Waals surface area contributed by atoms with Crippen LogP contribution in [-0.4, -0.2) is 54.3 Å². The van der Waals surface area contributed by atoms with Crippen LogP contribution >= 0.6 is 34.6 Å². The zero-order valence-corrected chi connectivity index (χ0v) is 18.4. The Morgan fingerprint density at radius 2 is 2.07 bits per heavy atom. The molecule has 4 aromatic rings. The van der Waals surface area contributed by atoms with Gasteiger partial charge in [-0.3, -0.25) is 4.90 Å². The van der Waals surface area contributed by atoms with Crippen LogP contribution in [0.15, 0.2) is 57.6 Å². The fourth-order valence-electron chi connectivity index (χ4n) is 3.52. The number of thiophene rings is 1. The number of ether oxygens (including phenoxy) is 1. The van der Waals surface area contributed by atoms with Crippen LogP contribution in [0.1, 0.15) is 0 Å². The van der Waals surface area contributed by atoms with Crippen LogP contribution in [0.5, 0.6) is 0 Å². The summed E-state index contributed by atoms with van der Waals surface area (Å²) in [6.07, 6.45) is 1.85. The normalized spacial score (nSPS) is 15.2. The Hall–Kier alpha value is -1.84. The Morgan fingerprint density at radius 1 is 1.14 bits per heavy atom. The lowest BCUT2D eigenvalue weighted by Crippen LogP contribution is -2.40. The molecule has 8 heteroatoms. The van der Waals surface area contributed by atoms with Crippen molar-refractivity contribution in [2.45, 2.75) is 4.21 Å². The number of benzene rings is 1. The number of morpholine rings is 1. The molecule has 1 aliphatic heterocycles. The van der Waals surface area contributed by atoms with Crippen molar-refractivity contribution in [3.05, 3.63) is 53.4 Å². The van der Waals surface area contributed by atoms with E-state index < -0.39 is 0 Å². The summed E-state index contributed by atoms with van der Waals surface area (Å²) in [7, 11) is 0. The number of hydrogen-bond acceptors (Lipinski definition) is 7. The number of rotatable bonds is 7. The summed E-state index contributed by atoms with van der Waals surface area (Å²) in [6, 6.07) is 13.0. The van der Waals surface area contributed by atoms with Gasteiger partial charge in [-0.25, -0.2) is 4.98 Å². The largest absolute Gasteiger partial charge is 0.379 e. The van der Waals surface area contributed by atoms with Gasteiger partial charge in [-0.15, -0.1) is 22.7 Å². The quantitative estimate of drug-likeness (QED) is 0.399. The highest BCUT2D eigenvalue weighted by Crippen LogP contribution is 2.37. The summed E-state index contributed by atoms with van der Waals surface area (Å²) in [5, 5.41) is 6.40. The summed E-state index contributed by atoms with van der Waals surface area (Å²) in [5.41, 5.74) is 3.47. The molecule has 0 radical (unpaired) electrons. The van der Waals surface area contributed by atoms with Gasteiger partial charge in [0.05, 0.1) is 34.3 Å². The molecule has 150 valence electrons. The zero-order chi connectivity index (χ0) is 19.5. The van der Waals surface area contributed by atoms with Gasteiger partial charge in [-0.05, 0) is 35.5 Å². The molecule has 1 aliphatic rings. The van der Waals surface area contributed by atoms with Crippen molar-refractivity contribution in [3.63, 3.8) is 0 Å². The van der Waals surface area contributed by atoms with Crippen LogP contribution in [0.4, 0.5) is 5.69 Å². The summed E-state index contributed by atoms with van der Waals surface area (Å²) >= 11 is 5.27. The van der Waals surface area contributed by atoms with E-state index in [0.717, 1.165) is 50.1 Å². The second kappa shape index (κ2) is 8.89. The van der Waals surface area contributed by atoms with Gasteiger partial charge in [0.1, 0.15) is 5.01 Å². The molecule has 3 aromatic heterocycles. The van der Waals surface area contributed by atoms with Crippen molar-refractivity contribution in [1.29, 1.82) is 0 Å². The number of fused-ring (bicyclic) bond motifs is 1. The number of thiazole rings is 1. The first-order valence-corrected chi connectivity index (χ1v) is 12.2. The predicted octanol–water partition coefficient (Wildman–Crippen LogP) is 5.20. The fraction of sp³-hybridized carbons (Fsp3) is 0.286. The molecule has 1 fully saturated rings. The van der Waals surface area contributed by atoms with Gasteiger partial charge in [0.15, 0.2) is 0 Å². The van der Waals surface area contributed by atoms with Crippen molar-refractivity contribution >= 4 is 51.2 Å². The highest BCUT2D eigenvalue weighted by molar-refractivity contribution is 8.02. The van der Waals surface area contributed by atoms with Crippen LogP contribution in [-0.2, 0) is 4.74 Å². The van der Waals surface area contributed by atoms with Gasteiger partial charge < -0.3 is 14.0 Å². The average Bonchev–Trinajstić information content (AvgIpc) is 3.52. The van der Waals surface area contributed by atoms with E-state index in [4.69, 9.17) is 4.74 Å².